The van der Waals surface area contributed by atoms with E-state index in [1.54, 1.807) is 24.0 Å². The molecule has 1 atom stereocenters. The van der Waals surface area contributed by atoms with E-state index < -0.39 is 23.5 Å². The van der Waals surface area contributed by atoms with Crippen molar-refractivity contribution in [1.29, 1.82) is 0 Å². The van der Waals surface area contributed by atoms with Gasteiger partial charge in [-0.1, -0.05) is 97.1 Å². The Morgan fingerprint density at radius 3 is 2.13 bits per heavy atom. The first-order valence-electron chi connectivity index (χ1n) is 15.3. The number of carbonyl (C=O) groups excluding carboxylic acids is 1. The molecule has 0 saturated heterocycles. The summed E-state index contributed by atoms with van der Waals surface area (Å²) in [6, 6.07) is 33.8. The van der Waals surface area contributed by atoms with Crippen LogP contribution in [0.3, 0.4) is 0 Å². The fraction of sp³-hybridized carbons (Fsp3) is 0.205. The van der Waals surface area contributed by atoms with Gasteiger partial charge in [-0.2, -0.15) is 11.8 Å². The van der Waals surface area contributed by atoms with Crippen molar-refractivity contribution < 1.29 is 40.1 Å². The summed E-state index contributed by atoms with van der Waals surface area (Å²) in [6.07, 6.45) is 7.00. The summed E-state index contributed by atoms with van der Waals surface area (Å²) in [5, 5.41) is 24.9. The van der Waals surface area contributed by atoms with Gasteiger partial charge in [0.1, 0.15) is 11.6 Å². The summed E-state index contributed by atoms with van der Waals surface area (Å²) in [7, 11) is 0. The Bertz CT molecular complexity index is 1770. The Balaban J connectivity index is 0.00000312. The molecule has 0 aliphatic heterocycles. The Hall–Kier alpha value is -4.12. The van der Waals surface area contributed by atoms with Gasteiger partial charge in [0.05, 0.1) is 0 Å². The van der Waals surface area contributed by atoms with Crippen molar-refractivity contribution in [3.63, 3.8) is 0 Å². The number of carboxylic acid groups (broad SMARTS) is 1. The van der Waals surface area contributed by atoms with Gasteiger partial charge in [-0.05, 0) is 94.8 Å². The normalized spacial score (nSPS) is 11.7. The molecule has 0 aliphatic rings. The van der Waals surface area contributed by atoms with Gasteiger partial charge in [0.25, 0.3) is 5.91 Å². The third-order valence-electron chi connectivity index (χ3n) is 8.34. The van der Waals surface area contributed by atoms with Gasteiger partial charge in [0.2, 0.25) is 0 Å². The van der Waals surface area contributed by atoms with Crippen molar-refractivity contribution in [2.24, 2.45) is 0 Å². The summed E-state index contributed by atoms with van der Waals surface area (Å²) >= 11 is 1.54. The number of aryl methyl sites for hydroxylation is 3. The first-order valence-corrected chi connectivity index (χ1v) is 16.7. The minimum atomic E-state index is -1.38. The fourth-order valence-electron chi connectivity index (χ4n) is 5.87. The van der Waals surface area contributed by atoms with E-state index >= 15 is 0 Å². The van der Waals surface area contributed by atoms with Crippen LogP contribution in [-0.2, 0) is 23.2 Å². The van der Waals surface area contributed by atoms with Crippen molar-refractivity contribution in [3.8, 4) is 11.1 Å². The maximum absolute atomic E-state index is 13.5. The number of aliphatic hydroxyl groups is 1. The molecule has 0 fully saturated rings. The molecule has 6 nitrogen and oxygen atoms in total. The molecule has 8 heteroatoms. The van der Waals surface area contributed by atoms with E-state index in [-0.39, 0.29) is 20.3 Å². The zero-order valence-corrected chi connectivity index (χ0v) is 27.8. The van der Waals surface area contributed by atoms with E-state index in [1.165, 1.54) is 0 Å². The summed E-state index contributed by atoms with van der Waals surface area (Å²) < 4.78 is 0. The molecule has 0 saturated carbocycles. The molecule has 4 aromatic carbocycles. The quantitative estimate of drug-likeness (QED) is 0.168. The molecule has 236 valence electrons. The number of nitrogens with one attached hydrogen (secondary N) is 1. The van der Waals surface area contributed by atoms with Crippen molar-refractivity contribution >= 4 is 23.6 Å². The number of nitrogens with zero attached hydrogens (tertiary/aromatic N) is 1. The minimum Gasteiger partial charge on any atom is -1.00 e. The van der Waals surface area contributed by atoms with E-state index in [9.17, 15) is 19.8 Å². The zero-order chi connectivity index (χ0) is 32.5. The first kappa shape index (κ1) is 35.7. The molecule has 1 amide bonds. The van der Waals surface area contributed by atoms with Crippen LogP contribution in [0.15, 0.2) is 122 Å². The maximum atomic E-state index is 13.5. The number of aromatic nitrogens is 1. The van der Waals surface area contributed by atoms with Gasteiger partial charge < -0.3 is 17.0 Å². The number of pyridine rings is 1. The predicted octanol–water partition coefficient (Wildman–Crippen LogP) is 4.18. The number of hydrogen-bond donors (Lipinski definition) is 3. The number of aliphatic carboxylic acids is 1. The average molecular weight is 639 g/mol. The number of thioether (sulfide) groups is 1. The standard InChI is InChI=1S/C39H38N2O4S.Li.H/c1-27-11-9-10-16-32(27)34-25-28(18-20-33(34)37(42)41-36(38(43)44)22-24-46-2)17-19-29-26-40-23-21-35(29)39(45,30-12-5-3-6-13-30)31-14-7-4-8-15-31;;/h3-16,18,20-21,23,25-26,36,45H,17,19,22,24H2,1-2H3,(H,41,42)(H,43,44);;/q;+1;-1. The number of carboxylic acids is 1. The molecule has 5 aromatic rings. The van der Waals surface area contributed by atoms with Crippen LogP contribution < -0.4 is 24.2 Å². The van der Waals surface area contributed by atoms with Crippen LogP contribution in [0.25, 0.3) is 11.1 Å². The monoisotopic (exact) mass is 638 g/mol. The molecule has 1 heterocycles. The van der Waals surface area contributed by atoms with Gasteiger partial charge in [0.15, 0.2) is 0 Å². The van der Waals surface area contributed by atoms with E-state index in [2.05, 4.69) is 10.3 Å². The number of carbonyl (C=O) groups is 2. The fourth-order valence-corrected chi connectivity index (χ4v) is 6.34. The van der Waals surface area contributed by atoms with Crippen LogP contribution in [-0.4, -0.2) is 45.1 Å². The van der Waals surface area contributed by atoms with E-state index in [4.69, 9.17) is 0 Å². The molecule has 1 aromatic heterocycles. The van der Waals surface area contributed by atoms with Gasteiger partial charge >= 0.3 is 24.8 Å². The second kappa shape index (κ2) is 16.6. The second-order valence-electron chi connectivity index (χ2n) is 11.3. The molecular weight excluding hydrogens is 599 g/mol. The molecule has 47 heavy (non-hydrogen) atoms. The number of hydrogen-bond acceptors (Lipinski definition) is 5. The first-order chi connectivity index (χ1) is 22.3. The Morgan fingerprint density at radius 2 is 1.51 bits per heavy atom. The van der Waals surface area contributed by atoms with Crippen LogP contribution in [0.2, 0.25) is 0 Å². The third-order valence-corrected chi connectivity index (χ3v) is 8.98. The van der Waals surface area contributed by atoms with E-state index in [0.717, 1.165) is 44.5 Å². The minimum absolute atomic E-state index is 0. The molecule has 0 aliphatic carbocycles. The molecule has 1 unspecified atom stereocenters. The second-order valence-corrected chi connectivity index (χ2v) is 12.3. The Labute approximate surface area is 294 Å². The van der Waals surface area contributed by atoms with Crippen molar-refractivity contribution in [2.45, 2.75) is 37.8 Å². The maximum Gasteiger partial charge on any atom is 1.00 e. The predicted molar refractivity (Wildman–Crippen MR) is 186 cm³/mol. The van der Waals surface area contributed by atoms with Crippen LogP contribution in [0, 0.1) is 6.92 Å². The summed E-state index contributed by atoms with van der Waals surface area (Å²) in [5.41, 5.74) is 5.93. The third kappa shape index (κ3) is 8.24. The van der Waals surface area contributed by atoms with E-state index in [1.807, 2.05) is 123 Å². The largest absolute Gasteiger partial charge is 1.00 e. The molecular formula is C39H39LiN2O4S. The molecule has 0 spiro atoms. The number of amides is 1. The topological polar surface area (TPSA) is 99.5 Å². The summed E-state index contributed by atoms with van der Waals surface area (Å²) in [4.78, 5) is 29.8. The zero-order valence-electron chi connectivity index (χ0n) is 28.0. The molecule has 0 bridgehead atoms. The summed E-state index contributed by atoms with van der Waals surface area (Å²) in [6.45, 7) is 2.00. The average Bonchev–Trinajstić information content (AvgIpc) is 3.09. The van der Waals surface area contributed by atoms with Crippen molar-refractivity contribution in [1.82, 2.24) is 10.3 Å². The van der Waals surface area contributed by atoms with Gasteiger partial charge in [-0.3, -0.25) is 9.78 Å². The van der Waals surface area contributed by atoms with Crippen LogP contribution in [0.1, 0.15) is 51.6 Å². The van der Waals surface area contributed by atoms with E-state index in [0.29, 0.717) is 30.6 Å². The Morgan fingerprint density at radius 1 is 0.872 bits per heavy atom. The smallest absolute Gasteiger partial charge is 1.00 e. The number of rotatable bonds is 13. The van der Waals surface area contributed by atoms with Crippen molar-refractivity contribution in [2.75, 3.05) is 12.0 Å². The van der Waals surface area contributed by atoms with Gasteiger partial charge in [0, 0.05) is 18.0 Å². The molecule has 0 radical (unpaired) electrons. The van der Waals surface area contributed by atoms with Gasteiger partial charge in [-0.25, -0.2) is 4.79 Å². The summed E-state index contributed by atoms with van der Waals surface area (Å²) in [5.74, 6) is -0.834. The van der Waals surface area contributed by atoms with Crippen LogP contribution in [0.5, 0.6) is 0 Å². The Kier molecular flexibility index (Phi) is 12.6. The van der Waals surface area contributed by atoms with Crippen LogP contribution >= 0.6 is 11.8 Å². The molecule has 5 rings (SSSR count). The SMILES string of the molecule is CSCCC(NC(=O)c1ccc(CCc2cnccc2C(O)(c2ccccc2)c2ccccc2)cc1-c1ccccc1C)C(=O)O.[H-].[Li+]. The van der Waals surface area contributed by atoms with Crippen molar-refractivity contribution in [3.05, 3.63) is 161 Å². The molecule has 3 N–H and O–H groups in total. The van der Waals surface area contributed by atoms with Crippen LogP contribution in [0.4, 0.5) is 0 Å². The number of benzene rings is 4. The van der Waals surface area contributed by atoms with Gasteiger partial charge in [-0.15, -0.1) is 0 Å².